The SMILES string of the molecule is COC(=O)c1sccc1S(=O)(=O)N[C@@H](CCSC)C(=O)O. The quantitative estimate of drug-likeness (QED) is 0.671. The van der Waals surface area contributed by atoms with E-state index < -0.39 is 28.0 Å². The largest absolute Gasteiger partial charge is 0.480 e. The third-order valence-corrected chi connectivity index (χ3v) is 5.68. The van der Waals surface area contributed by atoms with Crippen LogP contribution in [-0.4, -0.2) is 50.6 Å². The predicted octanol–water partition coefficient (Wildman–Crippen LogP) is 1.02. The fourth-order valence-electron chi connectivity index (χ4n) is 1.47. The zero-order chi connectivity index (χ0) is 16.0. The highest BCUT2D eigenvalue weighted by molar-refractivity contribution is 7.98. The van der Waals surface area contributed by atoms with Crippen molar-refractivity contribution in [3.63, 3.8) is 0 Å². The molecule has 10 heteroatoms. The van der Waals surface area contributed by atoms with Gasteiger partial charge in [-0.05, 0) is 29.9 Å². The molecule has 0 bridgehead atoms. The molecular formula is C11H15NO6S3. The summed E-state index contributed by atoms with van der Waals surface area (Å²) in [7, 11) is -2.96. The van der Waals surface area contributed by atoms with Crippen LogP contribution in [0.2, 0.25) is 0 Å². The van der Waals surface area contributed by atoms with E-state index in [4.69, 9.17) is 5.11 Å². The van der Waals surface area contributed by atoms with E-state index in [0.29, 0.717) is 5.75 Å². The summed E-state index contributed by atoms with van der Waals surface area (Å²) in [5.74, 6) is -1.55. The molecule has 0 radical (unpaired) electrons. The van der Waals surface area contributed by atoms with Gasteiger partial charge in [-0.2, -0.15) is 16.5 Å². The lowest BCUT2D eigenvalue weighted by atomic mass is 10.2. The van der Waals surface area contributed by atoms with Gasteiger partial charge in [-0.15, -0.1) is 11.3 Å². The first kappa shape index (κ1) is 18.0. The monoisotopic (exact) mass is 353 g/mol. The first-order valence-corrected chi connectivity index (χ1v) is 9.49. The number of nitrogens with one attached hydrogen (secondary N) is 1. The van der Waals surface area contributed by atoms with Crippen LogP contribution < -0.4 is 4.72 Å². The van der Waals surface area contributed by atoms with Crippen molar-refractivity contribution in [2.24, 2.45) is 0 Å². The summed E-state index contributed by atoms with van der Waals surface area (Å²) < 4.78 is 31.1. The van der Waals surface area contributed by atoms with Crippen molar-refractivity contribution in [2.45, 2.75) is 17.4 Å². The molecule has 1 atom stereocenters. The van der Waals surface area contributed by atoms with E-state index in [1.807, 2.05) is 0 Å². The molecule has 0 fully saturated rings. The fraction of sp³-hybridized carbons (Fsp3) is 0.455. The molecule has 1 rings (SSSR count). The third-order valence-electron chi connectivity index (χ3n) is 2.50. The Morgan fingerprint density at radius 2 is 2.19 bits per heavy atom. The van der Waals surface area contributed by atoms with Crippen molar-refractivity contribution in [3.8, 4) is 0 Å². The highest BCUT2D eigenvalue weighted by Crippen LogP contribution is 2.23. The molecule has 1 aromatic heterocycles. The van der Waals surface area contributed by atoms with Crippen molar-refractivity contribution in [2.75, 3.05) is 19.1 Å². The molecule has 0 saturated heterocycles. The van der Waals surface area contributed by atoms with Crippen LogP contribution in [0.5, 0.6) is 0 Å². The number of carbonyl (C=O) groups is 2. The number of thiophene rings is 1. The number of hydrogen-bond donors (Lipinski definition) is 2. The summed E-state index contributed by atoms with van der Waals surface area (Å²) in [6.07, 6.45) is 1.94. The van der Waals surface area contributed by atoms with E-state index in [-0.39, 0.29) is 16.2 Å². The second kappa shape index (κ2) is 7.78. The molecule has 0 unspecified atom stereocenters. The Hall–Kier alpha value is -1.10. The zero-order valence-corrected chi connectivity index (χ0v) is 13.8. The van der Waals surface area contributed by atoms with Crippen LogP contribution >= 0.6 is 23.1 Å². The van der Waals surface area contributed by atoms with Gasteiger partial charge in [-0.25, -0.2) is 13.2 Å². The maximum absolute atomic E-state index is 12.2. The summed E-state index contributed by atoms with van der Waals surface area (Å²) in [4.78, 5) is 22.3. The Balaban J connectivity index is 3.03. The average molecular weight is 353 g/mol. The van der Waals surface area contributed by atoms with Crippen molar-refractivity contribution in [3.05, 3.63) is 16.3 Å². The normalized spacial score (nSPS) is 12.9. The Morgan fingerprint density at radius 3 is 2.71 bits per heavy atom. The van der Waals surface area contributed by atoms with E-state index in [1.165, 1.54) is 23.2 Å². The van der Waals surface area contributed by atoms with Gasteiger partial charge < -0.3 is 9.84 Å². The minimum Gasteiger partial charge on any atom is -0.480 e. The van der Waals surface area contributed by atoms with Gasteiger partial charge in [0.25, 0.3) is 0 Å². The van der Waals surface area contributed by atoms with Crippen LogP contribution in [0.4, 0.5) is 0 Å². The predicted molar refractivity (Wildman–Crippen MR) is 80.4 cm³/mol. The lowest BCUT2D eigenvalue weighted by Crippen LogP contribution is -2.41. The first-order valence-electron chi connectivity index (χ1n) is 5.73. The number of thioether (sulfide) groups is 1. The number of carbonyl (C=O) groups excluding carboxylic acids is 1. The number of aliphatic carboxylic acids is 1. The molecule has 0 aromatic carbocycles. The number of rotatable bonds is 8. The van der Waals surface area contributed by atoms with Crippen LogP contribution in [-0.2, 0) is 19.6 Å². The van der Waals surface area contributed by atoms with E-state index >= 15 is 0 Å². The van der Waals surface area contributed by atoms with E-state index in [0.717, 1.165) is 18.4 Å². The maximum atomic E-state index is 12.2. The smallest absolute Gasteiger partial charge is 0.349 e. The van der Waals surface area contributed by atoms with Crippen molar-refractivity contribution in [1.82, 2.24) is 4.72 Å². The Morgan fingerprint density at radius 1 is 1.52 bits per heavy atom. The Labute approximate surface area is 130 Å². The lowest BCUT2D eigenvalue weighted by Gasteiger charge is -2.14. The first-order chi connectivity index (χ1) is 9.83. The second-order valence-electron chi connectivity index (χ2n) is 3.90. The van der Waals surface area contributed by atoms with Crippen LogP contribution in [0.15, 0.2) is 16.3 Å². The van der Waals surface area contributed by atoms with Gasteiger partial charge in [0.05, 0.1) is 7.11 Å². The van der Waals surface area contributed by atoms with Crippen LogP contribution in [0.25, 0.3) is 0 Å². The van der Waals surface area contributed by atoms with Gasteiger partial charge >= 0.3 is 11.9 Å². The third kappa shape index (κ3) is 4.70. The fourth-order valence-corrected chi connectivity index (χ4v) is 4.50. The van der Waals surface area contributed by atoms with Gasteiger partial charge in [-0.1, -0.05) is 0 Å². The van der Waals surface area contributed by atoms with Gasteiger partial charge in [0.15, 0.2) is 0 Å². The standard InChI is InChI=1S/C11H15NO6S3/c1-18-11(15)9-8(4-6-20-9)21(16,17)12-7(10(13)14)3-5-19-2/h4,6-7,12H,3,5H2,1-2H3,(H,13,14)/t7-/m0/s1. The van der Waals surface area contributed by atoms with Gasteiger partial charge in [0, 0.05) is 0 Å². The molecule has 7 nitrogen and oxygen atoms in total. The van der Waals surface area contributed by atoms with Crippen LogP contribution in [0, 0.1) is 0 Å². The van der Waals surface area contributed by atoms with Crippen molar-refractivity contribution < 1.29 is 27.9 Å². The topological polar surface area (TPSA) is 110 Å². The van der Waals surface area contributed by atoms with E-state index in [2.05, 4.69) is 9.46 Å². The molecule has 0 spiro atoms. The maximum Gasteiger partial charge on any atom is 0.349 e. The molecular weight excluding hydrogens is 338 g/mol. The minimum atomic E-state index is -4.11. The lowest BCUT2D eigenvalue weighted by molar-refractivity contribution is -0.139. The molecule has 0 saturated carbocycles. The average Bonchev–Trinajstić information content (AvgIpc) is 2.92. The van der Waals surface area contributed by atoms with Gasteiger partial charge in [-0.3, -0.25) is 4.79 Å². The number of carboxylic acid groups (broad SMARTS) is 1. The number of esters is 1. The van der Waals surface area contributed by atoms with Crippen LogP contribution in [0.3, 0.4) is 0 Å². The minimum absolute atomic E-state index is 0.0843. The highest BCUT2D eigenvalue weighted by atomic mass is 32.2. The summed E-state index contributed by atoms with van der Waals surface area (Å²) in [6, 6.07) is 0.0000579. The molecule has 118 valence electrons. The van der Waals surface area contributed by atoms with Gasteiger partial charge in [0.2, 0.25) is 10.0 Å². The number of sulfonamides is 1. The van der Waals surface area contributed by atoms with Gasteiger partial charge in [0.1, 0.15) is 15.8 Å². The second-order valence-corrected chi connectivity index (χ2v) is 7.48. The molecule has 2 N–H and O–H groups in total. The summed E-state index contributed by atoms with van der Waals surface area (Å²) in [6.45, 7) is 0. The number of hydrogen-bond acceptors (Lipinski definition) is 7. The Kier molecular flexibility index (Phi) is 6.65. The van der Waals surface area contributed by atoms with Crippen LogP contribution in [0.1, 0.15) is 16.1 Å². The van der Waals surface area contributed by atoms with Crippen molar-refractivity contribution >= 4 is 45.1 Å². The number of carboxylic acids is 1. The summed E-state index contributed by atoms with van der Waals surface area (Å²) in [5.41, 5.74) is 0. The molecule has 0 amide bonds. The molecule has 1 aromatic rings. The zero-order valence-electron chi connectivity index (χ0n) is 11.4. The number of ether oxygens (including phenoxy) is 1. The molecule has 0 aliphatic rings. The molecule has 1 heterocycles. The van der Waals surface area contributed by atoms with E-state index in [9.17, 15) is 18.0 Å². The van der Waals surface area contributed by atoms with Crippen molar-refractivity contribution in [1.29, 1.82) is 0 Å². The summed E-state index contributed by atoms with van der Waals surface area (Å²) in [5, 5.41) is 10.5. The summed E-state index contributed by atoms with van der Waals surface area (Å²) >= 11 is 2.33. The number of methoxy groups -OCH3 is 1. The molecule has 0 aliphatic carbocycles. The molecule has 21 heavy (non-hydrogen) atoms. The molecule has 0 aliphatic heterocycles. The Bertz CT molecular complexity index is 609. The highest BCUT2D eigenvalue weighted by Gasteiger charge is 2.29. The van der Waals surface area contributed by atoms with E-state index in [1.54, 1.807) is 6.26 Å².